The van der Waals surface area contributed by atoms with Gasteiger partial charge < -0.3 is 19.4 Å². The van der Waals surface area contributed by atoms with Crippen LogP contribution in [-0.2, 0) is 14.3 Å². The van der Waals surface area contributed by atoms with Gasteiger partial charge >= 0.3 is 5.97 Å². The molecular weight excluding hydrogens is 412 g/mol. The fraction of sp³-hybridized carbons (Fsp3) is 0.217. The summed E-state index contributed by atoms with van der Waals surface area (Å²) in [7, 11) is 1.43. The molecule has 164 valence electrons. The van der Waals surface area contributed by atoms with Crippen LogP contribution in [0.3, 0.4) is 0 Å². The van der Waals surface area contributed by atoms with Crippen LogP contribution in [0.5, 0.6) is 0 Å². The highest BCUT2D eigenvalue weighted by molar-refractivity contribution is 5.97. The number of likely N-dealkylation sites (N-methyl/N-ethyl adjacent to an activating group) is 1. The molecule has 2 heterocycles. The Bertz CT molecular complexity index is 1170. The van der Waals surface area contributed by atoms with Crippen LogP contribution in [-0.4, -0.2) is 47.4 Å². The van der Waals surface area contributed by atoms with Crippen molar-refractivity contribution < 1.29 is 23.5 Å². The Hall–Kier alpha value is -4.32. The summed E-state index contributed by atoms with van der Waals surface area (Å²) in [6.45, 7) is 2.68. The molecule has 0 bridgehead atoms. The second kappa shape index (κ2) is 9.66. The van der Waals surface area contributed by atoms with E-state index in [0.717, 1.165) is 10.5 Å². The van der Waals surface area contributed by atoms with E-state index < -0.39 is 18.5 Å². The van der Waals surface area contributed by atoms with Crippen molar-refractivity contribution in [3.05, 3.63) is 71.2 Å². The first-order valence-corrected chi connectivity index (χ1v) is 9.74. The lowest BCUT2D eigenvalue weighted by molar-refractivity contribution is -0.136. The number of ether oxygens (including phenoxy) is 1. The first kappa shape index (κ1) is 22.4. The van der Waals surface area contributed by atoms with Gasteiger partial charge in [0.2, 0.25) is 11.8 Å². The summed E-state index contributed by atoms with van der Waals surface area (Å²) in [4.78, 5) is 38.2. The molecule has 1 N–H and O–H groups in total. The minimum Gasteiger partial charge on any atom is -0.452 e. The molecule has 3 rings (SSSR count). The smallest absolute Gasteiger partial charge is 0.343 e. The van der Waals surface area contributed by atoms with Crippen LogP contribution in [0.2, 0.25) is 0 Å². The van der Waals surface area contributed by atoms with Crippen molar-refractivity contribution in [1.29, 1.82) is 5.26 Å². The number of aromatic nitrogens is 1. The van der Waals surface area contributed by atoms with Crippen molar-refractivity contribution in [3.8, 4) is 12.0 Å². The average molecular weight is 434 g/mol. The fourth-order valence-corrected chi connectivity index (χ4v) is 2.98. The van der Waals surface area contributed by atoms with Crippen LogP contribution >= 0.6 is 0 Å². The number of amides is 2. The molecule has 0 aliphatic carbocycles. The highest BCUT2D eigenvalue weighted by atomic mass is 16.5. The van der Waals surface area contributed by atoms with Gasteiger partial charge in [-0.25, -0.2) is 4.79 Å². The van der Waals surface area contributed by atoms with E-state index in [0.29, 0.717) is 5.69 Å². The Labute approximate surface area is 184 Å². The molecule has 2 amide bonds. The molecule has 1 aromatic carbocycles. The van der Waals surface area contributed by atoms with Crippen molar-refractivity contribution in [3.63, 3.8) is 0 Å². The second-order valence-electron chi connectivity index (χ2n) is 7.16. The van der Waals surface area contributed by atoms with Crippen molar-refractivity contribution in [1.82, 2.24) is 9.47 Å². The van der Waals surface area contributed by atoms with E-state index in [9.17, 15) is 19.6 Å². The number of furan rings is 1. The molecule has 0 aliphatic heterocycles. The molecule has 9 heteroatoms. The zero-order valence-electron chi connectivity index (χ0n) is 17.9. The minimum atomic E-state index is -0.855. The predicted molar refractivity (Wildman–Crippen MR) is 115 cm³/mol. The molecule has 0 unspecified atom stereocenters. The highest BCUT2D eigenvalue weighted by Gasteiger charge is 2.26. The van der Waals surface area contributed by atoms with Crippen LogP contribution in [0.15, 0.2) is 53.2 Å². The Balaban J connectivity index is 1.58. The van der Waals surface area contributed by atoms with E-state index in [2.05, 4.69) is 5.32 Å². The number of benzene rings is 1. The third kappa shape index (κ3) is 5.05. The van der Waals surface area contributed by atoms with Gasteiger partial charge in [-0.3, -0.25) is 14.2 Å². The van der Waals surface area contributed by atoms with Crippen molar-refractivity contribution in [2.75, 3.05) is 25.5 Å². The van der Waals surface area contributed by atoms with E-state index in [1.807, 2.05) is 25.1 Å². The lowest BCUT2D eigenvalue weighted by Crippen LogP contribution is -2.37. The van der Waals surface area contributed by atoms with Gasteiger partial charge in [0, 0.05) is 25.1 Å². The molecule has 0 saturated heterocycles. The van der Waals surface area contributed by atoms with E-state index in [1.54, 1.807) is 41.2 Å². The highest BCUT2D eigenvalue weighted by Crippen LogP contribution is 2.26. The summed E-state index contributed by atoms with van der Waals surface area (Å²) in [5, 5.41) is 12.2. The number of carbonyl (C=O) groups excluding carboxylic acids is 3. The molecule has 0 saturated carbocycles. The van der Waals surface area contributed by atoms with Gasteiger partial charge in [0.1, 0.15) is 23.0 Å². The monoisotopic (exact) mass is 434 g/mol. The zero-order chi connectivity index (χ0) is 23.3. The Morgan fingerprint density at radius 2 is 1.81 bits per heavy atom. The third-order valence-electron chi connectivity index (χ3n) is 4.69. The maximum absolute atomic E-state index is 12.6. The maximum Gasteiger partial charge on any atom is 0.343 e. The quantitative estimate of drug-likeness (QED) is 0.572. The van der Waals surface area contributed by atoms with Gasteiger partial charge in [0.05, 0.1) is 6.54 Å². The first-order valence-electron chi connectivity index (χ1n) is 9.74. The van der Waals surface area contributed by atoms with Gasteiger partial charge in [-0.05, 0) is 38.1 Å². The van der Waals surface area contributed by atoms with Gasteiger partial charge in [0.15, 0.2) is 6.61 Å². The number of carbonyl (C=O) groups is 3. The topological polar surface area (TPSA) is 118 Å². The summed E-state index contributed by atoms with van der Waals surface area (Å²) < 4.78 is 12.2. The minimum absolute atomic E-state index is 0.0157. The molecule has 3 aromatic rings. The number of esters is 1. The predicted octanol–water partition coefficient (Wildman–Crippen LogP) is 2.81. The van der Waals surface area contributed by atoms with Gasteiger partial charge in [-0.15, -0.1) is 0 Å². The van der Waals surface area contributed by atoms with Crippen molar-refractivity contribution in [2.24, 2.45) is 0 Å². The number of rotatable bonds is 7. The number of nitrogens with one attached hydrogen (secondary N) is 1. The van der Waals surface area contributed by atoms with E-state index in [4.69, 9.17) is 9.15 Å². The summed E-state index contributed by atoms with van der Waals surface area (Å²) >= 11 is 0. The molecule has 9 nitrogen and oxygen atoms in total. The fourth-order valence-electron chi connectivity index (χ4n) is 2.98. The molecule has 2 aromatic heterocycles. The van der Waals surface area contributed by atoms with E-state index >= 15 is 0 Å². The van der Waals surface area contributed by atoms with Crippen LogP contribution in [0, 0.1) is 25.2 Å². The van der Waals surface area contributed by atoms with Crippen molar-refractivity contribution in [2.45, 2.75) is 13.8 Å². The summed E-state index contributed by atoms with van der Waals surface area (Å²) in [5.74, 6) is -1.41. The Kier molecular flexibility index (Phi) is 6.75. The molecule has 0 aliphatic rings. The van der Waals surface area contributed by atoms with E-state index in [1.165, 1.54) is 14.0 Å². The van der Waals surface area contributed by atoms with Crippen LogP contribution in [0.4, 0.5) is 5.69 Å². The van der Waals surface area contributed by atoms with Crippen LogP contribution in [0.1, 0.15) is 27.2 Å². The third-order valence-corrected chi connectivity index (χ3v) is 4.69. The number of aryl methyl sites for hydroxylation is 2. The van der Waals surface area contributed by atoms with Crippen LogP contribution < -0.4 is 5.32 Å². The van der Waals surface area contributed by atoms with Crippen LogP contribution in [0.25, 0.3) is 5.88 Å². The second-order valence-corrected chi connectivity index (χ2v) is 7.16. The molecule has 0 atom stereocenters. The first-order chi connectivity index (χ1) is 15.3. The lowest BCUT2D eigenvalue weighted by Gasteiger charge is -2.16. The van der Waals surface area contributed by atoms with Crippen molar-refractivity contribution >= 4 is 23.5 Å². The Morgan fingerprint density at radius 3 is 2.44 bits per heavy atom. The summed E-state index contributed by atoms with van der Waals surface area (Å²) in [5.41, 5.74) is 1.65. The standard InChI is InChI=1S/C23H22N4O5/c1-15-6-8-17(9-7-15)25-19(28)13-26(3)20(29)14-31-23(30)21-16(2)32-22(18(21)12-24)27-10-4-5-11-27/h4-11H,13-14H2,1-3H3,(H,25,28). The van der Waals surface area contributed by atoms with E-state index in [-0.39, 0.29) is 35.2 Å². The Morgan fingerprint density at radius 1 is 1.16 bits per heavy atom. The van der Waals surface area contributed by atoms with Gasteiger partial charge in [-0.2, -0.15) is 5.26 Å². The average Bonchev–Trinajstić information content (AvgIpc) is 3.40. The zero-order valence-corrected chi connectivity index (χ0v) is 17.9. The largest absolute Gasteiger partial charge is 0.452 e. The number of hydrogen-bond acceptors (Lipinski definition) is 6. The normalized spacial score (nSPS) is 10.3. The van der Waals surface area contributed by atoms with Gasteiger partial charge in [0.25, 0.3) is 5.91 Å². The number of hydrogen-bond donors (Lipinski definition) is 1. The number of nitrogens with zero attached hydrogens (tertiary/aromatic N) is 3. The lowest BCUT2D eigenvalue weighted by atomic mass is 10.1. The summed E-state index contributed by atoms with van der Waals surface area (Å²) in [6.07, 6.45) is 3.35. The number of nitriles is 1. The molecule has 0 fully saturated rings. The van der Waals surface area contributed by atoms with Gasteiger partial charge in [-0.1, -0.05) is 17.7 Å². The summed E-state index contributed by atoms with van der Waals surface area (Å²) in [6, 6.07) is 12.7. The molecule has 0 spiro atoms. The SMILES string of the molecule is Cc1ccc(NC(=O)CN(C)C(=O)COC(=O)c2c(C)oc(-n3cccc3)c2C#N)cc1. The molecule has 0 radical (unpaired) electrons. The molecular formula is C23H22N4O5. The molecule has 32 heavy (non-hydrogen) atoms. The maximum atomic E-state index is 12.6. The number of anilines is 1.